The maximum absolute atomic E-state index is 11.9. The fraction of sp³-hybridized carbons (Fsp3) is 0.143. The monoisotopic (exact) mass is 321 g/mol. The highest BCUT2D eigenvalue weighted by molar-refractivity contribution is 9.08. The van der Waals surface area contributed by atoms with Gasteiger partial charge in [-0.25, -0.2) is 4.79 Å². The van der Waals surface area contributed by atoms with E-state index in [2.05, 4.69) is 15.9 Å². The van der Waals surface area contributed by atoms with Gasteiger partial charge in [0.05, 0.1) is 6.54 Å². The van der Waals surface area contributed by atoms with Gasteiger partial charge in [-0.05, 0) is 11.1 Å². The van der Waals surface area contributed by atoms with Gasteiger partial charge in [-0.15, -0.1) is 0 Å². The number of hydrogen-bond donors (Lipinski definition) is 1. The lowest BCUT2D eigenvalue weighted by atomic mass is 10.1. The standard InChI is InChI=1S/C14H12BrNO3/c15-8-11-6-7-12(17)16(13(11)14(18)19)9-10-4-2-1-3-5-10/h1-7H,8-9H2,(H,18,19). The third kappa shape index (κ3) is 2.93. The van der Waals surface area contributed by atoms with E-state index in [-0.39, 0.29) is 17.8 Å². The molecule has 0 bridgehead atoms. The Bertz CT molecular complexity index is 649. The molecule has 0 amide bonds. The van der Waals surface area contributed by atoms with E-state index in [1.807, 2.05) is 30.3 Å². The highest BCUT2D eigenvalue weighted by Gasteiger charge is 2.16. The molecule has 0 saturated carbocycles. The van der Waals surface area contributed by atoms with Crippen molar-refractivity contribution >= 4 is 21.9 Å². The zero-order chi connectivity index (χ0) is 13.8. The molecule has 0 saturated heterocycles. The second-order valence-electron chi connectivity index (χ2n) is 4.06. The molecule has 0 unspecified atom stereocenters. The summed E-state index contributed by atoms with van der Waals surface area (Å²) < 4.78 is 1.29. The molecule has 0 aliphatic rings. The second-order valence-corrected chi connectivity index (χ2v) is 4.62. The molecule has 1 heterocycles. The lowest BCUT2D eigenvalue weighted by Crippen LogP contribution is -2.27. The summed E-state index contributed by atoms with van der Waals surface area (Å²) in [4.78, 5) is 23.3. The number of pyridine rings is 1. The van der Waals surface area contributed by atoms with Crippen LogP contribution in [0.2, 0.25) is 0 Å². The Balaban J connectivity index is 2.55. The highest BCUT2D eigenvalue weighted by atomic mass is 79.9. The third-order valence-electron chi connectivity index (χ3n) is 2.80. The van der Waals surface area contributed by atoms with Gasteiger partial charge in [0.25, 0.3) is 5.56 Å². The van der Waals surface area contributed by atoms with Gasteiger partial charge in [0.15, 0.2) is 0 Å². The number of aromatic nitrogens is 1. The predicted octanol–water partition coefficient (Wildman–Crippen LogP) is 2.49. The zero-order valence-corrected chi connectivity index (χ0v) is 11.6. The highest BCUT2D eigenvalue weighted by Crippen LogP contribution is 2.12. The van der Waals surface area contributed by atoms with Crippen molar-refractivity contribution in [1.29, 1.82) is 0 Å². The molecule has 5 heteroatoms. The molecule has 0 spiro atoms. The summed E-state index contributed by atoms with van der Waals surface area (Å²) in [6, 6.07) is 12.2. The molecule has 0 fully saturated rings. The Hall–Kier alpha value is -1.88. The summed E-state index contributed by atoms with van der Waals surface area (Å²) in [5.41, 5.74) is 1.20. The summed E-state index contributed by atoms with van der Waals surface area (Å²) in [6.45, 7) is 0.252. The quantitative estimate of drug-likeness (QED) is 0.880. The van der Waals surface area contributed by atoms with Gasteiger partial charge in [0.1, 0.15) is 5.69 Å². The number of alkyl halides is 1. The predicted molar refractivity (Wildman–Crippen MR) is 75.8 cm³/mol. The van der Waals surface area contributed by atoms with Crippen LogP contribution >= 0.6 is 15.9 Å². The van der Waals surface area contributed by atoms with Crippen LogP contribution in [-0.2, 0) is 11.9 Å². The average Bonchev–Trinajstić information content (AvgIpc) is 2.41. The lowest BCUT2D eigenvalue weighted by molar-refractivity contribution is 0.0683. The summed E-state index contributed by atoms with van der Waals surface area (Å²) in [5.74, 6) is -1.09. The number of carbonyl (C=O) groups is 1. The van der Waals surface area contributed by atoms with Gasteiger partial charge in [-0.3, -0.25) is 9.36 Å². The number of carboxylic acids is 1. The summed E-state index contributed by atoms with van der Waals surface area (Å²) in [7, 11) is 0. The Morgan fingerprint density at radius 3 is 2.42 bits per heavy atom. The fourth-order valence-corrected chi connectivity index (χ4v) is 2.36. The van der Waals surface area contributed by atoms with Gasteiger partial charge in [0.2, 0.25) is 0 Å². The van der Waals surface area contributed by atoms with Crippen LogP contribution in [0.1, 0.15) is 21.6 Å². The van der Waals surface area contributed by atoms with Gasteiger partial charge in [-0.2, -0.15) is 0 Å². The van der Waals surface area contributed by atoms with E-state index in [1.54, 1.807) is 6.07 Å². The Labute approximate surface area is 118 Å². The zero-order valence-electron chi connectivity index (χ0n) is 10.0. The van der Waals surface area contributed by atoms with Crippen molar-refractivity contribution in [3.05, 3.63) is 69.6 Å². The van der Waals surface area contributed by atoms with Crippen molar-refractivity contribution in [3.8, 4) is 0 Å². The largest absolute Gasteiger partial charge is 0.477 e. The average molecular weight is 322 g/mol. The van der Waals surface area contributed by atoms with E-state index >= 15 is 0 Å². The van der Waals surface area contributed by atoms with Gasteiger partial charge >= 0.3 is 5.97 Å². The molecule has 0 aliphatic carbocycles. The Morgan fingerprint density at radius 1 is 1.16 bits per heavy atom. The molecule has 0 radical (unpaired) electrons. The molecule has 1 N–H and O–H groups in total. The van der Waals surface area contributed by atoms with Crippen molar-refractivity contribution in [2.24, 2.45) is 0 Å². The molecule has 1 aromatic carbocycles. The molecule has 2 aromatic rings. The molecule has 98 valence electrons. The summed E-state index contributed by atoms with van der Waals surface area (Å²) >= 11 is 3.24. The van der Waals surface area contributed by atoms with Gasteiger partial charge in [-0.1, -0.05) is 52.3 Å². The fourth-order valence-electron chi connectivity index (χ4n) is 1.91. The summed E-state index contributed by atoms with van der Waals surface area (Å²) in [6.07, 6.45) is 0. The first kappa shape index (κ1) is 13.5. The normalized spacial score (nSPS) is 10.4. The first-order valence-corrected chi connectivity index (χ1v) is 6.81. The molecule has 0 aliphatic heterocycles. The molecular formula is C14H12BrNO3. The number of hydrogen-bond acceptors (Lipinski definition) is 2. The van der Waals surface area contributed by atoms with Crippen LogP contribution in [0.25, 0.3) is 0 Å². The van der Waals surface area contributed by atoms with Crippen LogP contribution in [0, 0.1) is 0 Å². The van der Waals surface area contributed by atoms with E-state index in [0.29, 0.717) is 10.9 Å². The Kier molecular flexibility index (Phi) is 4.16. The van der Waals surface area contributed by atoms with Crippen LogP contribution in [-0.4, -0.2) is 15.6 Å². The van der Waals surface area contributed by atoms with E-state index in [0.717, 1.165) is 5.56 Å². The van der Waals surface area contributed by atoms with Crippen LogP contribution in [0.5, 0.6) is 0 Å². The van der Waals surface area contributed by atoms with E-state index in [1.165, 1.54) is 10.6 Å². The maximum atomic E-state index is 11.9. The van der Waals surface area contributed by atoms with E-state index < -0.39 is 5.97 Å². The van der Waals surface area contributed by atoms with Gasteiger partial charge in [0, 0.05) is 11.4 Å². The SMILES string of the molecule is O=C(O)c1c(CBr)ccc(=O)n1Cc1ccccc1. The first-order chi connectivity index (χ1) is 9.13. The smallest absolute Gasteiger partial charge is 0.352 e. The van der Waals surface area contributed by atoms with Crippen molar-refractivity contribution < 1.29 is 9.90 Å². The maximum Gasteiger partial charge on any atom is 0.352 e. The molecule has 1 aromatic heterocycles. The van der Waals surface area contributed by atoms with Crippen LogP contribution in [0.4, 0.5) is 0 Å². The van der Waals surface area contributed by atoms with Crippen molar-refractivity contribution in [3.63, 3.8) is 0 Å². The number of nitrogens with zero attached hydrogens (tertiary/aromatic N) is 1. The minimum absolute atomic E-state index is 0.0354. The molecular weight excluding hydrogens is 310 g/mol. The minimum atomic E-state index is -1.09. The number of rotatable bonds is 4. The topological polar surface area (TPSA) is 59.3 Å². The van der Waals surface area contributed by atoms with Gasteiger partial charge < -0.3 is 5.11 Å². The molecule has 2 rings (SSSR count). The third-order valence-corrected chi connectivity index (χ3v) is 3.40. The van der Waals surface area contributed by atoms with E-state index in [4.69, 9.17) is 0 Å². The lowest BCUT2D eigenvalue weighted by Gasteiger charge is -2.12. The van der Waals surface area contributed by atoms with Crippen LogP contribution < -0.4 is 5.56 Å². The second kappa shape index (κ2) is 5.84. The van der Waals surface area contributed by atoms with Crippen LogP contribution in [0.15, 0.2) is 47.3 Å². The number of halogens is 1. The molecule has 19 heavy (non-hydrogen) atoms. The van der Waals surface area contributed by atoms with E-state index in [9.17, 15) is 14.7 Å². The van der Waals surface area contributed by atoms with Crippen LogP contribution in [0.3, 0.4) is 0 Å². The Morgan fingerprint density at radius 2 is 1.84 bits per heavy atom. The van der Waals surface area contributed by atoms with Crippen molar-refractivity contribution in [2.45, 2.75) is 11.9 Å². The summed E-state index contributed by atoms with van der Waals surface area (Å²) in [5, 5.41) is 9.69. The number of benzene rings is 1. The molecule has 0 atom stereocenters. The van der Waals surface area contributed by atoms with Crippen molar-refractivity contribution in [1.82, 2.24) is 4.57 Å². The van der Waals surface area contributed by atoms with Crippen molar-refractivity contribution in [2.75, 3.05) is 0 Å². The molecule has 4 nitrogen and oxygen atoms in total. The number of aromatic carboxylic acids is 1. The first-order valence-electron chi connectivity index (χ1n) is 5.69. The minimum Gasteiger partial charge on any atom is -0.477 e. The number of carboxylic acid groups (broad SMARTS) is 1.